The summed E-state index contributed by atoms with van der Waals surface area (Å²) in [6, 6.07) is 7.88. The van der Waals surface area contributed by atoms with E-state index in [1.165, 1.54) is 0 Å². The third kappa shape index (κ3) is 3.48. The molecule has 0 bridgehead atoms. The molecule has 4 heteroatoms. The zero-order chi connectivity index (χ0) is 13.8. The maximum atomic E-state index is 5.98. The second-order valence-corrected chi connectivity index (χ2v) is 5.74. The summed E-state index contributed by atoms with van der Waals surface area (Å²) in [7, 11) is 0. The molecule has 0 N–H and O–H groups in total. The van der Waals surface area contributed by atoms with Crippen LogP contribution in [0.25, 0.3) is 0 Å². The van der Waals surface area contributed by atoms with Gasteiger partial charge in [0.1, 0.15) is 11.5 Å². The highest BCUT2D eigenvalue weighted by molar-refractivity contribution is 9.10. The summed E-state index contributed by atoms with van der Waals surface area (Å²) in [6.07, 6.45) is 3.42. The van der Waals surface area contributed by atoms with E-state index in [4.69, 9.17) is 16.3 Å². The maximum absolute atomic E-state index is 5.98. The van der Waals surface area contributed by atoms with Gasteiger partial charge in [-0.25, -0.2) is 0 Å². The minimum atomic E-state index is 0.378. The number of ether oxygens (including phenoxy) is 1. The average molecular weight is 341 g/mol. The predicted molar refractivity (Wildman–Crippen MR) is 82.1 cm³/mol. The highest BCUT2D eigenvalue weighted by Gasteiger charge is 2.11. The van der Waals surface area contributed by atoms with Crippen molar-refractivity contribution in [3.63, 3.8) is 0 Å². The van der Waals surface area contributed by atoms with Gasteiger partial charge in [-0.1, -0.05) is 29.8 Å². The molecule has 0 spiro atoms. The Labute approximate surface area is 126 Å². The van der Waals surface area contributed by atoms with Crippen molar-refractivity contribution < 1.29 is 4.74 Å². The molecule has 0 aliphatic carbocycles. The van der Waals surface area contributed by atoms with Gasteiger partial charge in [-0.2, -0.15) is 0 Å². The summed E-state index contributed by atoms with van der Waals surface area (Å²) in [5, 5.41) is 0. The average Bonchev–Trinajstić information content (AvgIpc) is 2.41. The molecule has 2 aromatic rings. The van der Waals surface area contributed by atoms with Crippen molar-refractivity contribution in [2.24, 2.45) is 0 Å². The van der Waals surface area contributed by atoms with E-state index in [-0.39, 0.29) is 0 Å². The monoisotopic (exact) mass is 339 g/mol. The number of pyridine rings is 1. The van der Waals surface area contributed by atoms with E-state index in [9.17, 15) is 0 Å². The zero-order valence-electron chi connectivity index (χ0n) is 10.9. The lowest BCUT2D eigenvalue weighted by molar-refractivity contribution is 0.466. The largest absolute Gasteiger partial charge is 0.455 e. The number of hydrogen-bond donors (Lipinski definition) is 0. The van der Waals surface area contributed by atoms with Gasteiger partial charge in [0.2, 0.25) is 0 Å². The Kier molecular flexibility index (Phi) is 4.83. The number of aromatic nitrogens is 1. The SMILES string of the molecule is CC(C)c1cc(Br)ccc1Oc1cnccc1CCl. The Morgan fingerprint density at radius 2 is 2.05 bits per heavy atom. The van der Waals surface area contributed by atoms with Crippen LogP contribution in [0.5, 0.6) is 11.5 Å². The minimum absolute atomic E-state index is 0.378. The van der Waals surface area contributed by atoms with E-state index < -0.39 is 0 Å². The van der Waals surface area contributed by atoms with E-state index in [1.54, 1.807) is 12.4 Å². The molecule has 0 amide bonds. The molecular formula is C15H15BrClNO. The molecule has 100 valence electrons. The van der Waals surface area contributed by atoms with Gasteiger partial charge in [0.25, 0.3) is 0 Å². The molecule has 0 radical (unpaired) electrons. The lowest BCUT2D eigenvalue weighted by atomic mass is 10.0. The molecule has 0 aliphatic rings. The molecule has 2 rings (SSSR count). The molecule has 0 saturated carbocycles. The van der Waals surface area contributed by atoms with Gasteiger partial charge in [0.15, 0.2) is 0 Å². The van der Waals surface area contributed by atoms with Crippen LogP contribution in [0, 0.1) is 0 Å². The first kappa shape index (κ1) is 14.4. The summed E-state index contributed by atoms with van der Waals surface area (Å²) in [5.74, 6) is 2.34. The van der Waals surface area contributed by atoms with Crippen LogP contribution in [0.4, 0.5) is 0 Å². The number of hydrogen-bond acceptors (Lipinski definition) is 2. The van der Waals surface area contributed by atoms with Crippen molar-refractivity contribution in [3.8, 4) is 11.5 Å². The van der Waals surface area contributed by atoms with Gasteiger partial charge in [0.05, 0.1) is 12.1 Å². The highest BCUT2D eigenvalue weighted by atomic mass is 79.9. The van der Waals surface area contributed by atoms with Crippen LogP contribution in [0.1, 0.15) is 30.9 Å². The number of benzene rings is 1. The Morgan fingerprint density at radius 1 is 1.26 bits per heavy atom. The van der Waals surface area contributed by atoms with Crippen molar-refractivity contribution in [1.82, 2.24) is 4.98 Å². The topological polar surface area (TPSA) is 22.1 Å². The summed E-state index contributed by atoms with van der Waals surface area (Å²) in [5.41, 5.74) is 2.09. The molecular weight excluding hydrogens is 326 g/mol. The quantitative estimate of drug-likeness (QED) is 0.686. The van der Waals surface area contributed by atoms with Crippen LogP contribution in [-0.4, -0.2) is 4.98 Å². The normalized spacial score (nSPS) is 10.8. The third-order valence-electron chi connectivity index (χ3n) is 2.83. The van der Waals surface area contributed by atoms with Crippen LogP contribution in [0.15, 0.2) is 41.1 Å². The van der Waals surface area contributed by atoms with Crippen LogP contribution in [0.2, 0.25) is 0 Å². The van der Waals surface area contributed by atoms with E-state index in [1.807, 2.05) is 18.2 Å². The molecule has 19 heavy (non-hydrogen) atoms. The summed E-state index contributed by atoms with van der Waals surface area (Å²) >= 11 is 9.40. The lowest BCUT2D eigenvalue weighted by Crippen LogP contribution is -1.96. The first-order chi connectivity index (χ1) is 9.11. The van der Waals surface area contributed by atoms with Gasteiger partial charge in [-0.3, -0.25) is 4.98 Å². The highest BCUT2D eigenvalue weighted by Crippen LogP contribution is 2.34. The fraction of sp³-hybridized carbons (Fsp3) is 0.267. The third-order valence-corrected chi connectivity index (χ3v) is 3.61. The van der Waals surface area contributed by atoms with Crippen LogP contribution < -0.4 is 4.74 Å². The molecule has 0 aliphatic heterocycles. The van der Waals surface area contributed by atoms with Crippen molar-refractivity contribution in [1.29, 1.82) is 0 Å². The number of nitrogens with zero attached hydrogens (tertiary/aromatic N) is 1. The predicted octanol–water partition coefficient (Wildman–Crippen LogP) is 5.50. The maximum Gasteiger partial charge on any atom is 0.150 e. The lowest BCUT2D eigenvalue weighted by Gasteiger charge is -2.15. The molecule has 0 unspecified atom stereocenters. The summed E-state index contributed by atoms with van der Waals surface area (Å²) in [6.45, 7) is 4.28. The Bertz CT molecular complexity index is 572. The molecule has 0 fully saturated rings. The summed E-state index contributed by atoms with van der Waals surface area (Å²) < 4.78 is 7.03. The van der Waals surface area contributed by atoms with Gasteiger partial charge in [0, 0.05) is 16.2 Å². The molecule has 2 nitrogen and oxygen atoms in total. The first-order valence-corrected chi connectivity index (χ1v) is 7.40. The van der Waals surface area contributed by atoms with Crippen LogP contribution >= 0.6 is 27.5 Å². The standard InChI is InChI=1S/C15H15BrClNO/c1-10(2)13-7-12(16)3-4-14(13)19-15-9-18-6-5-11(15)8-17/h3-7,9-10H,8H2,1-2H3. The number of alkyl halides is 1. The molecule has 1 heterocycles. The van der Waals surface area contributed by atoms with Crippen molar-refractivity contribution in [2.45, 2.75) is 25.6 Å². The Balaban J connectivity index is 2.38. The fourth-order valence-electron chi connectivity index (χ4n) is 1.79. The van der Waals surface area contributed by atoms with Crippen molar-refractivity contribution in [3.05, 3.63) is 52.3 Å². The Morgan fingerprint density at radius 3 is 2.74 bits per heavy atom. The van der Waals surface area contributed by atoms with E-state index in [0.29, 0.717) is 17.5 Å². The summed E-state index contributed by atoms with van der Waals surface area (Å²) in [4.78, 5) is 4.09. The Hall–Kier alpha value is -1.06. The second kappa shape index (κ2) is 6.40. The van der Waals surface area contributed by atoms with Crippen LogP contribution in [0.3, 0.4) is 0 Å². The number of halogens is 2. The molecule has 1 aromatic heterocycles. The number of rotatable bonds is 4. The molecule has 0 saturated heterocycles. The smallest absolute Gasteiger partial charge is 0.150 e. The van der Waals surface area contributed by atoms with E-state index in [2.05, 4.69) is 40.8 Å². The van der Waals surface area contributed by atoms with Gasteiger partial charge in [-0.15, -0.1) is 11.6 Å². The minimum Gasteiger partial charge on any atom is -0.455 e. The van der Waals surface area contributed by atoms with E-state index >= 15 is 0 Å². The van der Waals surface area contributed by atoms with Gasteiger partial charge < -0.3 is 4.74 Å². The van der Waals surface area contributed by atoms with Gasteiger partial charge in [-0.05, 0) is 35.7 Å². The second-order valence-electron chi connectivity index (χ2n) is 4.56. The zero-order valence-corrected chi connectivity index (χ0v) is 13.2. The van der Waals surface area contributed by atoms with Crippen LogP contribution in [-0.2, 0) is 5.88 Å². The van der Waals surface area contributed by atoms with Gasteiger partial charge >= 0.3 is 0 Å². The first-order valence-electron chi connectivity index (χ1n) is 6.08. The van der Waals surface area contributed by atoms with E-state index in [0.717, 1.165) is 21.3 Å². The fourth-order valence-corrected chi connectivity index (χ4v) is 2.39. The van der Waals surface area contributed by atoms with Crippen molar-refractivity contribution >= 4 is 27.5 Å². The molecule has 1 aromatic carbocycles. The van der Waals surface area contributed by atoms with Crippen molar-refractivity contribution in [2.75, 3.05) is 0 Å². The molecule has 0 atom stereocenters.